The summed E-state index contributed by atoms with van der Waals surface area (Å²) in [6.07, 6.45) is 11.2. The lowest BCUT2D eigenvalue weighted by Crippen LogP contribution is -2.32. The first-order valence-electron chi connectivity index (χ1n) is 6.98. The van der Waals surface area contributed by atoms with Crippen LogP contribution in [0.1, 0.15) is 39.0 Å². The van der Waals surface area contributed by atoms with Crippen molar-refractivity contribution in [2.24, 2.45) is 11.8 Å². The standard InChI is InChI=1S/C16H20O/c1-10-8-11(2)15-13(10)9-12-4-3-6-16(12)7-5-14(15)17-16/h5,7,10,12,14H,2-4,6,8-9H2,1H3/t10-,12-,14?,16-/m0/s1. The van der Waals surface area contributed by atoms with E-state index in [1.165, 1.54) is 36.8 Å². The molecular weight excluding hydrogens is 208 g/mol. The Labute approximate surface area is 103 Å². The van der Waals surface area contributed by atoms with Crippen molar-refractivity contribution in [2.75, 3.05) is 0 Å². The number of hydrogen-bond donors (Lipinski definition) is 0. The van der Waals surface area contributed by atoms with Crippen LogP contribution in [0.3, 0.4) is 0 Å². The number of fused-ring (bicyclic) bond motifs is 2. The summed E-state index contributed by atoms with van der Waals surface area (Å²) in [7, 11) is 0. The molecule has 1 saturated carbocycles. The second kappa shape index (κ2) is 3.14. The minimum atomic E-state index is 0.0923. The molecule has 90 valence electrons. The lowest BCUT2D eigenvalue weighted by atomic mass is 9.82. The van der Waals surface area contributed by atoms with Gasteiger partial charge in [-0.15, -0.1) is 0 Å². The van der Waals surface area contributed by atoms with E-state index in [2.05, 4.69) is 25.7 Å². The van der Waals surface area contributed by atoms with E-state index in [9.17, 15) is 0 Å². The van der Waals surface area contributed by atoms with Crippen LogP contribution in [0.25, 0.3) is 0 Å². The van der Waals surface area contributed by atoms with Gasteiger partial charge in [-0.3, -0.25) is 0 Å². The Morgan fingerprint density at radius 2 is 2.29 bits per heavy atom. The van der Waals surface area contributed by atoms with Crippen LogP contribution in [-0.4, -0.2) is 11.7 Å². The minimum absolute atomic E-state index is 0.0923. The normalized spacial score (nSPS) is 47.4. The topological polar surface area (TPSA) is 9.23 Å². The summed E-state index contributed by atoms with van der Waals surface area (Å²) in [6.45, 7) is 6.63. The van der Waals surface area contributed by atoms with Crippen molar-refractivity contribution in [3.63, 3.8) is 0 Å². The molecule has 1 fully saturated rings. The van der Waals surface area contributed by atoms with E-state index in [4.69, 9.17) is 4.74 Å². The van der Waals surface area contributed by atoms with Gasteiger partial charge in [0.05, 0.1) is 5.60 Å². The van der Waals surface area contributed by atoms with Crippen molar-refractivity contribution in [2.45, 2.75) is 50.7 Å². The molecule has 2 aliphatic carbocycles. The van der Waals surface area contributed by atoms with E-state index in [0.717, 1.165) is 12.3 Å². The smallest absolute Gasteiger partial charge is 0.102 e. The maximum absolute atomic E-state index is 6.44. The zero-order valence-electron chi connectivity index (χ0n) is 10.5. The molecule has 1 spiro atoms. The summed E-state index contributed by atoms with van der Waals surface area (Å²) in [5.74, 6) is 1.43. The van der Waals surface area contributed by atoms with Crippen molar-refractivity contribution in [1.82, 2.24) is 0 Å². The van der Waals surface area contributed by atoms with Gasteiger partial charge in [0.15, 0.2) is 0 Å². The first-order valence-corrected chi connectivity index (χ1v) is 6.98. The fraction of sp³-hybridized carbons (Fsp3) is 0.625. The second-order valence-electron chi connectivity index (χ2n) is 6.29. The summed E-state index contributed by atoms with van der Waals surface area (Å²) in [5.41, 5.74) is 4.55. The highest BCUT2D eigenvalue weighted by atomic mass is 16.5. The molecule has 1 nitrogen and oxygen atoms in total. The van der Waals surface area contributed by atoms with Gasteiger partial charge in [-0.2, -0.15) is 0 Å². The molecule has 0 N–H and O–H groups in total. The SMILES string of the molecule is C=C1C[C@H](C)C2=C1C1C=C[C@]3(CCC[C@H]3C2)O1. The molecule has 4 atom stereocenters. The number of hydrogen-bond acceptors (Lipinski definition) is 1. The molecule has 4 rings (SSSR count). The van der Waals surface area contributed by atoms with Gasteiger partial charge in [0.2, 0.25) is 0 Å². The maximum Gasteiger partial charge on any atom is 0.102 e. The van der Waals surface area contributed by atoms with Crippen LogP contribution in [0.4, 0.5) is 0 Å². The van der Waals surface area contributed by atoms with E-state index >= 15 is 0 Å². The highest BCUT2D eigenvalue weighted by Crippen LogP contribution is 2.54. The molecule has 2 aliphatic heterocycles. The monoisotopic (exact) mass is 228 g/mol. The van der Waals surface area contributed by atoms with E-state index < -0.39 is 0 Å². The average Bonchev–Trinajstić information content (AvgIpc) is 2.90. The van der Waals surface area contributed by atoms with Crippen LogP contribution >= 0.6 is 0 Å². The number of allylic oxidation sites excluding steroid dienone is 1. The van der Waals surface area contributed by atoms with Crippen LogP contribution in [0.15, 0.2) is 35.5 Å². The van der Waals surface area contributed by atoms with Crippen molar-refractivity contribution in [3.05, 3.63) is 35.5 Å². The molecular formula is C16H20O. The van der Waals surface area contributed by atoms with Gasteiger partial charge in [-0.05, 0) is 55.1 Å². The highest BCUT2D eigenvalue weighted by molar-refractivity contribution is 5.49. The molecule has 2 heterocycles. The summed E-state index contributed by atoms with van der Waals surface area (Å²) in [4.78, 5) is 0. The molecule has 0 aromatic carbocycles. The predicted molar refractivity (Wildman–Crippen MR) is 68.6 cm³/mol. The predicted octanol–water partition coefficient (Wildman–Crippen LogP) is 3.78. The molecule has 2 bridgehead atoms. The fourth-order valence-corrected chi connectivity index (χ4v) is 4.50. The Morgan fingerprint density at radius 1 is 1.41 bits per heavy atom. The van der Waals surface area contributed by atoms with E-state index in [1.54, 1.807) is 5.57 Å². The molecule has 0 radical (unpaired) electrons. The molecule has 1 unspecified atom stereocenters. The van der Waals surface area contributed by atoms with E-state index in [1.807, 2.05) is 0 Å². The van der Waals surface area contributed by atoms with Gasteiger partial charge in [0.1, 0.15) is 6.10 Å². The molecule has 0 aromatic rings. The van der Waals surface area contributed by atoms with Gasteiger partial charge in [-0.1, -0.05) is 31.2 Å². The lowest BCUT2D eigenvalue weighted by Gasteiger charge is -2.29. The molecule has 1 heteroatoms. The van der Waals surface area contributed by atoms with Crippen LogP contribution in [0.5, 0.6) is 0 Å². The molecule has 0 amide bonds. The Bertz CT molecular complexity index is 456. The number of rotatable bonds is 0. The van der Waals surface area contributed by atoms with Gasteiger partial charge >= 0.3 is 0 Å². The Morgan fingerprint density at radius 3 is 3.18 bits per heavy atom. The zero-order chi connectivity index (χ0) is 11.6. The first kappa shape index (κ1) is 10.1. The van der Waals surface area contributed by atoms with Gasteiger partial charge in [0.25, 0.3) is 0 Å². The minimum Gasteiger partial charge on any atom is -0.359 e. The van der Waals surface area contributed by atoms with Gasteiger partial charge in [0, 0.05) is 0 Å². The van der Waals surface area contributed by atoms with Crippen molar-refractivity contribution >= 4 is 0 Å². The summed E-state index contributed by atoms with van der Waals surface area (Å²) in [6, 6.07) is 0. The number of ether oxygens (including phenoxy) is 1. The largest absolute Gasteiger partial charge is 0.359 e. The van der Waals surface area contributed by atoms with Crippen LogP contribution < -0.4 is 0 Å². The van der Waals surface area contributed by atoms with Crippen molar-refractivity contribution in [1.29, 1.82) is 0 Å². The third kappa shape index (κ3) is 1.18. The summed E-state index contributed by atoms with van der Waals surface area (Å²) >= 11 is 0. The third-order valence-electron chi connectivity index (χ3n) is 5.34. The zero-order valence-corrected chi connectivity index (χ0v) is 10.5. The van der Waals surface area contributed by atoms with E-state index in [-0.39, 0.29) is 11.7 Å². The van der Waals surface area contributed by atoms with Crippen LogP contribution in [0.2, 0.25) is 0 Å². The molecule has 17 heavy (non-hydrogen) atoms. The second-order valence-corrected chi connectivity index (χ2v) is 6.29. The first-order chi connectivity index (χ1) is 8.20. The Kier molecular flexibility index (Phi) is 1.87. The van der Waals surface area contributed by atoms with E-state index in [0.29, 0.717) is 5.92 Å². The molecule has 4 aliphatic rings. The van der Waals surface area contributed by atoms with Crippen LogP contribution in [0, 0.1) is 11.8 Å². The lowest BCUT2D eigenvalue weighted by molar-refractivity contribution is -0.0289. The fourth-order valence-electron chi connectivity index (χ4n) is 4.50. The molecule has 0 aromatic heterocycles. The average molecular weight is 228 g/mol. The van der Waals surface area contributed by atoms with Crippen molar-refractivity contribution < 1.29 is 4.74 Å². The molecule has 0 saturated heterocycles. The van der Waals surface area contributed by atoms with Gasteiger partial charge in [-0.25, -0.2) is 0 Å². The van der Waals surface area contributed by atoms with Crippen molar-refractivity contribution in [3.8, 4) is 0 Å². The summed E-state index contributed by atoms with van der Waals surface area (Å²) in [5, 5.41) is 0. The Balaban J connectivity index is 1.84. The third-order valence-corrected chi connectivity index (χ3v) is 5.34. The van der Waals surface area contributed by atoms with Crippen LogP contribution in [-0.2, 0) is 4.74 Å². The quantitative estimate of drug-likeness (QED) is 0.573. The Hall–Kier alpha value is -0.820. The summed E-state index contributed by atoms with van der Waals surface area (Å²) < 4.78 is 6.44. The van der Waals surface area contributed by atoms with Gasteiger partial charge < -0.3 is 4.74 Å². The highest BCUT2D eigenvalue weighted by Gasteiger charge is 2.51. The maximum atomic E-state index is 6.44.